The van der Waals surface area contributed by atoms with E-state index >= 15 is 0 Å². The highest BCUT2D eigenvalue weighted by molar-refractivity contribution is 9.10. The number of hydrogen-bond acceptors (Lipinski definition) is 6. The fourth-order valence-electron chi connectivity index (χ4n) is 2.55. The number of rotatable bonds is 9. The highest BCUT2D eigenvalue weighted by Gasteiger charge is 2.13. The average molecular weight is 461 g/mol. The molecule has 28 heavy (non-hydrogen) atoms. The third-order valence-corrected chi connectivity index (χ3v) is 5.54. The molecule has 1 aromatic heterocycles. The molecule has 146 valence electrons. The van der Waals surface area contributed by atoms with Crippen LogP contribution in [0.4, 0.5) is 5.69 Å². The van der Waals surface area contributed by atoms with Crippen LogP contribution in [0, 0.1) is 0 Å². The predicted molar refractivity (Wildman–Crippen MR) is 115 cm³/mol. The van der Waals surface area contributed by atoms with Gasteiger partial charge in [0.05, 0.1) is 11.3 Å². The van der Waals surface area contributed by atoms with Crippen molar-refractivity contribution in [2.75, 3.05) is 30.8 Å². The van der Waals surface area contributed by atoms with Gasteiger partial charge in [0, 0.05) is 30.3 Å². The number of amides is 1. The highest BCUT2D eigenvalue weighted by Crippen LogP contribution is 2.28. The molecule has 2 aromatic carbocycles. The van der Waals surface area contributed by atoms with Crippen molar-refractivity contribution in [1.29, 1.82) is 0 Å². The van der Waals surface area contributed by atoms with Crippen molar-refractivity contribution >= 4 is 39.3 Å². The van der Waals surface area contributed by atoms with E-state index in [0.29, 0.717) is 17.7 Å². The van der Waals surface area contributed by atoms with Crippen molar-refractivity contribution < 1.29 is 9.21 Å². The number of anilines is 1. The average Bonchev–Trinajstić information content (AvgIpc) is 3.19. The topological polar surface area (TPSA) is 71.3 Å². The van der Waals surface area contributed by atoms with Crippen LogP contribution in [0.15, 0.2) is 68.7 Å². The number of nitrogens with zero attached hydrogens (tertiary/aromatic N) is 3. The second-order valence-corrected chi connectivity index (χ2v) is 7.88. The molecule has 0 aliphatic heterocycles. The summed E-state index contributed by atoms with van der Waals surface area (Å²) in [5, 5.41) is 11.3. The molecule has 1 heterocycles. The van der Waals surface area contributed by atoms with E-state index < -0.39 is 0 Å². The van der Waals surface area contributed by atoms with Crippen LogP contribution in [0.25, 0.3) is 11.5 Å². The third-order valence-electron chi connectivity index (χ3n) is 4.03. The van der Waals surface area contributed by atoms with E-state index in [2.05, 4.69) is 48.5 Å². The Kier molecular flexibility index (Phi) is 7.50. The summed E-state index contributed by atoms with van der Waals surface area (Å²) in [7, 11) is 2.05. The van der Waals surface area contributed by atoms with Crippen molar-refractivity contribution in [3.05, 3.63) is 59.1 Å². The number of nitrogens with one attached hydrogen (secondary N) is 1. The normalized spacial score (nSPS) is 10.6. The molecule has 0 bridgehead atoms. The Morgan fingerprint density at radius 2 is 1.89 bits per heavy atom. The molecular formula is C20H21BrN4O2S. The Hall–Kier alpha value is -2.32. The highest BCUT2D eigenvalue weighted by atomic mass is 79.9. The molecule has 0 saturated carbocycles. The first kappa shape index (κ1) is 20.4. The Labute approximate surface area is 176 Å². The van der Waals surface area contributed by atoms with Gasteiger partial charge in [-0.05, 0) is 46.6 Å². The van der Waals surface area contributed by atoms with Crippen LogP contribution in [0.3, 0.4) is 0 Å². The van der Waals surface area contributed by atoms with E-state index in [1.165, 1.54) is 17.4 Å². The van der Waals surface area contributed by atoms with Crippen molar-refractivity contribution in [2.45, 2.75) is 11.6 Å². The predicted octanol–water partition coefficient (Wildman–Crippen LogP) is 4.23. The standard InChI is InChI=1S/C20H21BrN4O2S/c1-25(15-8-3-2-4-9-15)13-7-12-22-18(26)14-28-20-24-23-19(27-20)16-10-5-6-11-17(16)21/h2-6,8-11H,7,12-14H2,1H3,(H,22,26). The smallest absolute Gasteiger partial charge is 0.277 e. The SMILES string of the molecule is CN(CCCNC(=O)CSc1nnc(-c2ccccc2Br)o1)c1ccccc1. The summed E-state index contributed by atoms with van der Waals surface area (Å²) in [6, 6.07) is 17.8. The fraction of sp³-hybridized carbons (Fsp3) is 0.250. The lowest BCUT2D eigenvalue weighted by atomic mass is 10.2. The minimum atomic E-state index is -0.0481. The minimum absolute atomic E-state index is 0.0481. The lowest BCUT2D eigenvalue weighted by molar-refractivity contribution is -0.118. The van der Waals surface area contributed by atoms with Crippen LogP contribution in [-0.4, -0.2) is 42.0 Å². The molecule has 1 amide bonds. The summed E-state index contributed by atoms with van der Waals surface area (Å²) in [6.45, 7) is 1.50. The molecule has 0 radical (unpaired) electrons. The molecule has 1 N–H and O–H groups in total. The maximum absolute atomic E-state index is 12.0. The Balaban J connectivity index is 1.37. The number of thioether (sulfide) groups is 1. The summed E-state index contributed by atoms with van der Waals surface area (Å²) in [5.41, 5.74) is 2.00. The van der Waals surface area contributed by atoms with Crippen LogP contribution in [0.5, 0.6) is 0 Å². The van der Waals surface area contributed by atoms with Gasteiger partial charge in [0.15, 0.2) is 0 Å². The zero-order valence-corrected chi connectivity index (χ0v) is 17.9. The summed E-state index contributed by atoms with van der Waals surface area (Å²) >= 11 is 4.70. The van der Waals surface area contributed by atoms with E-state index in [1.54, 1.807) is 0 Å². The Morgan fingerprint density at radius 1 is 1.14 bits per heavy atom. The number of carbonyl (C=O) groups is 1. The largest absolute Gasteiger partial charge is 0.411 e. The van der Waals surface area contributed by atoms with Gasteiger partial charge in [0.1, 0.15) is 0 Å². The maximum atomic E-state index is 12.0. The van der Waals surface area contributed by atoms with E-state index in [9.17, 15) is 4.79 Å². The molecule has 0 aliphatic carbocycles. The van der Waals surface area contributed by atoms with Gasteiger partial charge in [-0.25, -0.2) is 0 Å². The number of hydrogen-bond donors (Lipinski definition) is 1. The van der Waals surface area contributed by atoms with Crippen LogP contribution in [-0.2, 0) is 4.79 Å². The first-order chi connectivity index (χ1) is 13.6. The first-order valence-corrected chi connectivity index (χ1v) is 10.7. The lowest BCUT2D eigenvalue weighted by Gasteiger charge is -2.19. The van der Waals surface area contributed by atoms with Crippen molar-refractivity contribution in [3.63, 3.8) is 0 Å². The molecule has 0 saturated heterocycles. The monoisotopic (exact) mass is 460 g/mol. The third kappa shape index (κ3) is 5.84. The van der Waals surface area contributed by atoms with Crippen molar-refractivity contribution in [2.24, 2.45) is 0 Å². The maximum Gasteiger partial charge on any atom is 0.277 e. The fourth-order valence-corrected chi connectivity index (χ4v) is 3.59. The number of halogens is 1. The molecule has 8 heteroatoms. The minimum Gasteiger partial charge on any atom is -0.411 e. The van der Waals surface area contributed by atoms with Crippen molar-refractivity contribution in [1.82, 2.24) is 15.5 Å². The second kappa shape index (κ2) is 10.3. The van der Waals surface area contributed by atoms with E-state index in [0.717, 1.165) is 23.0 Å². The van der Waals surface area contributed by atoms with Gasteiger partial charge in [0.25, 0.3) is 5.22 Å². The Morgan fingerprint density at radius 3 is 2.68 bits per heavy atom. The summed E-state index contributed by atoms with van der Waals surface area (Å²) < 4.78 is 6.51. The van der Waals surface area contributed by atoms with Gasteiger partial charge >= 0.3 is 0 Å². The molecule has 0 unspecified atom stereocenters. The molecule has 0 spiro atoms. The molecule has 3 rings (SSSR count). The molecule has 0 atom stereocenters. The van der Waals surface area contributed by atoms with Crippen LogP contribution >= 0.6 is 27.7 Å². The van der Waals surface area contributed by atoms with Crippen LogP contribution in [0.2, 0.25) is 0 Å². The quantitative estimate of drug-likeness (QED) is 0.380. The number of para-hydroxylation sites is 1. The van der Waals surface area contributed by atoms with Gasteiger partial charge in [-0.15, -0.1) is 10.2 Å². The lowest BCUT2D eigenvalue weighted by Crippen LogP contribution is -2.29. The molecular weight excluding hydrogens is 440 g/mol. The number of aromatic nitrogens is 2. The van der Waals surface area contributed by atoms with Crippen molar-refractivity contribution in [3.8, 4) is 11.5 Å². The van der Waals surface area contributed by atoms with Gasteiger partial charge < -0.3 is 14.6 Å². The first-order valence-electron chi connectivity index (χ1n) is 8.87. The molecule has 0 aliphatic rings. The van der Waals surface area contributed by atoms with Crippen LogP contribution in [0.1, 0.15) is 6.42 Å². The summed E-state index contributed by atoms with van der Waals surface area (Å²) in [6.07, 6.45) is 0.870. The van der Waals surface area contributed by atoms with E-state index in [1.807, 2.05) is 49.5 Å². The second-order valence-electron chi connectivity index (χ2n) is 6.10. The zero-order valence-electron chi connectivity index (χ0n) is 15.5. The molecule has 6 nitrogen and oxygen atoms in total. The van der Waals surface area contributed by atoms with Gasteiger partial charge in [-0.3, -0.25) is 4.79 Å². The van der Waals surface area contributed by atoms with Gasteiger partial charge in [-0.1, -0.05) is 42.1 Å². The number of carbonyl (C=O) groups excluding carboxylic acids is 1. The van der Waals surface area contributed by atoms with Gasteiger partial charge in [0.2, 0.25) is 11.8 Å². The van der Waals surface area contributed by atoms with Gasteiger partial charge in [-0.2, -0.15) is 0 Å². The number of benzene rings is 2. The molecule has 3 aromatic rings. The molecule has 0 fully saturated rings. The zero-order chi connectivity index (χ0) is 19.8. The summed E-state index contributed by atoms with van der Waals surface area (Å²) in [4.78, 5) is 14.2. The summed E-state index contributed by atoms with van der Waals surface area (Å²) in [5.74, 6) is 0.624. The van der Waals surface area contributed by atoms with Crippen LogP contribution < -0.4 is 10.2 Å². The van der Waals surface area contributed by atoms with E-state index in [-0.39, 0.29) is 11.7 Å². The Bertz CT molecular complexity index is 904. The van der Waals surface area contributed by atoms with E-state index in [4.69, 9.17) is 4.42 Å².